The smallest absolute Gasteiger partial charge is 0.406 e. The standard InChI is InChI=1S/C16H9F3NO/c17-16(18,19)21-13-8-5-12(6-9-13)15-10-7-11-3-1-2-4-14(11)20-15/h1,3-10H. The lowest BCUT2D eigenvalue weighted by Gasteiger charge is -2.09. The van der Waals surface area contributed by atoms with Crippen molar-refractivity contribution in [3.8, 4) is 17.0 Å². The van der Waals surface area contributed by atoms with Crippen molar-refractivity contribution in [1.29, 1.82) is 0 Å². The van der Waals surface area contributed by atoms with Crippen LogP contribution in [0.2, 0.25) is 0 Å². The van der Waals surface area contributed by atoms with Crippen LogP contribution in [0.15, 0.2) is 54.6 Å². The van der Waals surface area contributed by atoms with E-state index < -0.39 is 6.36 Å². The first-order valence-electron chi connectivity index (χ1n) is 6.14. The number of hydrogen-bond acceptors (Lipinski definition) is 2. The van der Waals surface area contributed by atoms with Crippen molar-refractivity contribution in [3.05, 3.63) is 60.7 Å². The zero-order valence-electron chi connectivity index (χ0n) is 10.7. The van der Waals surface area contributed by atoms with Crippen LogP contribution in [0.5, 0.6) is 5.75 Å². The maximum Gasteiger partial charge on any atom is 0.573 e. The summed E-state index contributed by atoms with van der Waals surface area (Å²) < 4.78 is 40.1. The van der Waals surface area contributed by atoms with Crippen LogP contribution in [-0.2, 0) is 0 Å². The predicted molar refractivity (Wildman–Crippen MR) is 72.7 cm³/mol. The summed E-state index contributed by atoms with van der Waals surface area (Å²) in [5, 5.41) is 0.981. The van der Waals surface area contributed by atoms with Gasteiger partial charge in [0, 0.05) is 10.9 Å². The van der Waals surface area contributed by atoms with E-state index in [9.17, 15) is 13.2 Å². The highest BCUT2D eigenvalue weighted by atomic mass is 19.4. The molecule has 2 nitrogen and oxygen atoms in total. The summed E-state index contributed by atoms with van der Waals surface area (Å²) in [6.45, 7) is 0. The number of aromatic nitrogens is 1. The monoisotopic (exact) mass is 288 g/mol. The molecule has 0 N–H and O–H groups in total. The number of rotatable bonds is 2. The fraction of sp³-hybridized carbons (Fsp3) is 0.0625. The molecule has 0 atom stereocenters. The third-order valence-corrected chi connectivity index (χ3v) is 2.92. The second kappa shape index (κ2) is 5.09. The third kappa shape index (κ3) is 3.13. The van der Waals surface area contributed by atoms with Crippen LogP contribution >= 0.6 is 0 Å². The van der Waals surface area contributed by atoms with Gasteiger partial charge in [0.25, 0.3) is 0 Å². The van der Waals surface area contributed by atoms with Crippen molar-refractivity contribution in [2.24, 2.45) is 0 Å². The van der Waals surface area contributed by atoms with Crippen LogP contribution < -0.4 is 4.74 Å². The summed E-state index contributed by atoms with van der Waals surface area (Å²) in [5.41, 5.74) is 2.18. The summed E-state index contributed by atoms with van der Waals surface area (Å²) in [4.78, 5) is 4.46. The highest BCUT2D eigenvalue weighted by Crippen LogP contribution is 2.26. The van der Waals surface area contributed by atoms with E-state index in [0.717, 1.165) is 16.5 Å². The lowest BCUT2D eigenvalue weighted by atomic mass is 10.1. The molecule has 0 aliphatic carbocycles. The van der Waals surface area contributed by atoms with Gasteiger partial charge in [0.05, 0.1) is 11.2 Å². The summed E-state index contributed by atoms with van der Waals surface area (Å²) in [7, 11) is 0. The van der Waals surface area contributed by atoms with Crippen molar-refractivity contribution in [1.82, 2.24) is 4.98 Å². The van der Waals surface area contributed by atoms with Gasteiger partial charge in [-0.15, -0.1) is 13.2 Å². The van der Waals surface area contributed by atoms with Crippen molar-refractivity contribution >= 4 is 10.9 Å². The molecule has 21 heavy (non-hydrogen) atoms. The molecule has 0 spiro atoms. The van der Waals surface area contributed by atoms with Gasteiger partial charge in [0.2, 0.25) is 0 Å². The van der Waals surface area contributed by atoms with E-state index in [4.69, 9.17) is 0 Å². The van der Waals surface area contributed by atoms with Crippen LogP contribution in [0.4, 0.5) is 13.2 Å². The molecule has 0 aliphatic heterocycles. The number of hydrogen-bond donors (Lipinski definition) is 0. The molecule has 0 amide bonds. The van der Waals surface area contributed by atoms with E-state index in [1.54, 1.807) is 24.3 Å². The Balaban J connectivity index is 1.91. The predicted octanol–water partition coefficient (Wildman–Crippen LogP) is 4.60. The first-order chi connectivity index (χ1) is 10.0. The van der Waals surface area contributed by atoms with E-state index in [0.29, 0.717) is 5.69 Å². The lowest BCUT2D eigenvalue weighted by molar-refractivity contribution is -0.274. The Morgan fingerprint density at radius 3 is 2.43 bits per heavy atom. The lowest BCUT2D eigenvalue weighted by Crippen LogP contribution is -2.16. The molecule has 5 heteroatoms. The fourth-order valence-electron chi connectivity index (χ4n) is 2.00. The van der Waals surface area contributed by atoms with E-state index >= 15 is 0 Å². The van der Waals surface area contributed by atoms with E-state index in [2.05, 4.69) is 15.8 Å². The van der Waals surface area contributed by atoms with Crippen molar-refractivity contribution in [2.75, 3.05) is 0 Å². The van der Waals surface area contributed by atoms with Gasteiger partial charge in [-0.3, -0.25) is 0 Å². The largest absolute Gasteiger partial charge is 0.573 e. The van der Waals surface area contributed by atoms with Gasteiger partial charge >= 0.3 is 6.36 Å². The molecular formula is C16H9F3NO. The minimum Gasteiger partial charge on any atom is -0.406 e. The summed E-state index contributed by atoms with van der Waals surface area (Å²) in [6.07, 6.45) is -4.68. The summed E-state index contributed by atoms with van der Waals surface area (Å²) in [6, 6.07) is 17.8. The number of fused-ring (bicyclic) bond motifs is 1. The third-order valence-electron chi connectivity index (χ3n) is 2.92. The van der Waals surface area contributed by atoms with Gasteiger partial charge < -0.3 is 4.74 Å². The Hall–Kier alpha value is -2.56. The molecule has 0 saturated carbocycles. The van der Waals surface area contributed by atoms with E-state index in [1.807, 2.05) is 18.2 Å². The second-order valence-electron chi connectivity index (χ2n) is 4.39. The molecule has 0 fully saturated rings. The van der Waals surface area contributed by atoms with Crippen LogP contribution in [0.3, 0.4) is 0 Å². The minimum absolute atomic E-state index is 0.250. The Morgan fingerprint density at radius 1 is 0.952 bits per heavy atom. The van der Waals surface area contributed by atoms with Gasteiger partial charge in [-0.1, -0.05) is 18.2 Å². The Kier molecular flexibility index (Phi) is 3.25. The maximum absolute atomic E-state index is 12.1. The van der Waals surface area contributed by atoms with Gasteiger partial charge in [-0.2, -0.15) is 0 Å². The first kappa shape index (κ1) is 13.4. The fourth-order valence-corrected chi connectivity index (χ4v) is 2.00. The summed E-state index contributed by atoms with van der Waals surface area (Å²) in [5.74, 6) is -0.250. The van der Waals surface area contributed by atoms with Crippen LogP contribution in [-0.4, -0.2) is 11.3 Å². The highest BCUT2D eigenvalue weighted by molar-refractivity contribution is 5.81. The molecule has 3 aromatic rings. The Labute approximate surface area is 118 Å². The van der Waals surface area contributed by atoms with Gasteiger partial charge in [0.1, 0.15) is 5.75 Å². The quantitative estimate of drug-likeness (QED) is 0.687. The molecule has 1 aromatic heterocycles. The number of alkyl halides is 3. The van der Waals surface area contributed by atoms with E-state index in [-0.39, 0.29) is 5.75 Å². The molecule has 1 heterocycles. The molecule has 0 bridgehead atoms. The Bertz CT molecular complexity index is 766. The number of pyridine rings is 1. The van der Waals surface area contributed by atoms with Gasteiger partial charge in [-0.25, -0.2) is 4.98 Å². The molecule has 105 valence electrons. The minimum atomic E-state index is -4.68. The average molecular weight is 288 g/mol. The molecule has 2 aromatic carbocycles. The van der Waals surface area contributed by atoms with Crippen molar-refractivity contribution in [3.63, 3.8) is 0 Å². The van der Waals surface area contributed by atoms with Crippen molar-refractivity contribution < 1.29 is 17.9 Å². The number of ether oxygens (including phenoxy) is 1. The molecule has 0 saturated heterocycles. The van der Waals surface area contributed by atoms with Crippen LogP contribution in [0.25, 0.3) is 22.2 Å². The molecule has 1 radical (unpaired) electrons. The summed E-state index contributed by atoms with van der Waals surface area (Å²) >= 11 is 0. The van der Waals surface area contributed by atoms with Crippen LogP contribution in [0, 0.1) is 6.07 Å². The molecule has 0 unspecified atom stereocenters. The normalized spacial score (nSPS) is 11.6. The molecule has 0 aliphatic rings. The zero-order valence-corrected chi connectivity index (χ0v) is 10.7. The molecule has 3 rings (SSSR count). The maximum atomic E-state index is 12.1. The topological polar surface area (TPSA) is 22.1 Å². The second-order valence-corrected chi connectivity index (χ2v) is 4.39. The Morgan fingerprint density at radius 2 is 1.71 bits per heavy atom. The molecular weight excluding hydrogens is 279 g/mol. The number of halogens is 3. The number of nitrogens with zero attached hydrogens (tertiary/aromatic N) is 1. The SMILES string of the molecule is FC(F)(F)Oc1ccc(-c2ccc3cc[c]cc3n2)cc1. The average Bonchev–Trinajstić information content (AvgIpc) is 2.46. The zero-order chi connectivity index (χ0) is 14.9. The highest BCUT2D eigenvalue weighted by Gasteiger charge is 2.30. The van der Waals surface area contributed by atoms with E-state index in [1.165, 1.54) is 12.1 Å². The first-order valence-corrected chi connectivity index (χ1v) is 6.14. The number of benzene rings is 2. The van der Waals surface area contributed by atoms with Crippen molar-refractivity contribution in [2.45, 2.75) is 6.36 Å². The van der Waals surface area contributed by atoms with Gasteiger partial charge in [0.15, 0.2) is 0 Å². The van der Waals surface area contributed by atoms with Crippen LogP contribution in [0.1, 0.15) is 0 Å². The van der Waals surface area contributed by atoms with Gasteiger partial charge in [-0.05, 0) is 42.5 Å².